The second-order valence-electron chi connectivity index (χ2n) is 6.16. The zero-order chi connectivity index (χ0) is 19.4. The summed E-state index contributed by atoms with van der Waals surface area (Å²) >= 11 is 0. The average molecular weight is 368 g/mol. The predicted octanol–water partition coefficient (Wildman–Crippen LogP) is 2.37. The molecule has 2 atom stereocenters. The van der Waals surface area contributed by atoms with E-state index in [9.17, 15) is 14.4 Å². The van der Waals surface area contributed by atoms with Gasteiger partial charge in [-0.25, -0.2) is 0 Å². The van der Waals surface area contributed by atoms with Gasteiger partial charge in [0.1, 0.15) is 5.75 Å². The summed E-state index contributed by atoms with van der Waals surface area (Å²) in [5, 5.41) is 2.68. The molecule has 3 rings (SSSR count). The maximum Gasteiger partial charge on any atom is 0.310 e. The lowest BCUT2D eigenvalue weighted by Gasteiger charge is -2.26. The van der Waals surface area contributed by atoms with Crippen molar-refractivity contribution in [2.24, 2.45) is 0 Å². The molecule has 140 valence electrons. The number of amides is 2. The second-order valence-corrected chi connectivity index (χ2v) is 6.16. The van der Waals surface area contributed by atoms with Gasteiger partial charge in [-0.2, -0.15) is 0 Å². The molecule has 0 radical (unpaired) electrons. The highest BCUT2D eigenvalue weighted by Crippen LogP contribution is 2.29. The van der Waals surface area contributed by atoms with Crippen molar-refractivity contribution < 1.29 is 23.9 Å². The molecule has 2 aromatic rings. The molecule has 7 nitrogen and oxygen atoms in total. The molecule has 2 aromatic carbocycles. The summed E-state index contributed by atoms with van der Waals surface area (Å²) in [6.45, 7) is 1.50. The number of carbonyl (C=O) groups excluding carboxylic acids is 3. The van der Waals surface area contributed by atoms with Crippen LogP contribution >= 0.6 is 0 Å². The van der Waals surface area contributed by atoms with Gasteiger partial charge in [0.05, 0.1) is 12.1 Å². The average Bonchev–Trinajstić information content (AvgIpc) is 2.68. The Morgan fingerprint density at radius 3 is 2.56 bits per heavy atom. The Balaban J connectivity index is 1.57. The van der Waals surface area contributed by atoms with Crippen molar-refractivity contribution in [3.8, 4) is 5.75 Å². The molecular formula is C20H20N2O5. The molecule has 2 unspecified atom stereocenters. The molecule has 0 aromatic heterocycles. The van der Waals surface area contributed by atoms with E-state index in [0.717, 1.165) is 0 Å². The van der Waals surface area contributed by atoms with Crippen LogP contribution in [-0.4, -0.2) is 37.0 Å². The number of esters is 1. The summed E-state index contributed by atoms with van der Waals surface area (Å²) in [5.74, 6) is -0.986. The Bertz CT molecular complexity index is 852. The maximum absolute atomic E-state index is 12.4. The first kappa shape index (κ1) is 18.4. The first-order valence-corrected chi connectivity index (χ1v) is 8.54. The van der Waals surface area contributed by atoms with Crippen LogP contribution in [0.25, 0.3) is 0 Å². The summed E-state index contributed by atoms with van der Waals surface area (Å²) in [6.07, 6.45) is -2.27. The van der Waals surface area contributed by atoms with Gasteiger partial charge in [-0.1, -0.05) is 30.3 Å². The minimum atomic E-state index is -0.999. The molecule has 0 saturated heterocycles. The third kappa shape index (κ3) is 4.25. The normalized spacial score (nSPS) is 16.4. The van der Waals surface area contributed by atoms with E-state index in [1.165, 1.54) is 11.8 Å². The van der Waals surface area contributed by atoms with E-state index in [4.69, 9.17) is 9.47 Å². The molecule has 0 aliphatic carbocycles. The molecule has 0 saturated carbocycles. The Hall–Kier alpha value is -3.35. The van der Waals surface area contributed by atoms with E-state index in [1.807, 2.05) is 18.2 Å². The second kappa shape index (κ2) is 7.90. The fraction of sp³-hybridized carbons (Fsp3) is 0.250. The highest BCUT2D eigenvalue weighted by molar-refractivity contribution is 6.00. The van der Waals surface area contributed by atoms with Gasteiger partial charge in [0.2, 0.25) is 0 Å². The van der Waals surface area contributed by atoms with Crippen LogP contribution in [-0.2, 0) is 19.1 Å². The number of fused-ring (bicyclic) bond motifs is 1. The zero-order valence-corrected chi connectivity index (χ0v) is 15.0. The van der Waals surface area contributed by atoms with Crippen LogP contribution in [0.2, 0.25) is 0 Å². The minimum absolute atomic E-state index is 0.285. The number of hydrogen-bond acceptors (Lipinski definition) is 5. The Kier molecular flexibility index (Phi) is 5.40. The van der Waals surface area contributed by atoms with Crippen LogP contribution in [0.4, 0.5) is 11.4 Å². The molecule has 7 heteroatoms. The molecule has 0 fully saturated rings. The zero-order valence-electron chi connectivity index (χ0n) is 15.0. The first-order chi connectivity index (χ1) is 13.0. The SMILES string of the molecule is CC(OC(=O)CC1Oc2ccccc2NC1=O)C(=O)N(C)c1ccccc1. The van der Waals surface area contributed by atoms with Gasteiger partial charge in [0.25, 0.3) is 11.8 Å². The molecule has 1 aliphatic heterocycles. The van der Waals surface area contributed by atoms with E-state index in [-0.39, 0.29) is 12.3 Å². The van der Waals surface area contributed by atoms with Crippen molar-refractivity contribution in [3.05, 3.63) is 54.6 Å². The molecule has 1 N–H and O–H groups in total. The van der Waals surface area contributed by atoms with Crippen LogP contribution in [0, 0.1) is 0 Å². The molecule has 1 aliphatic rings. The Morgan fingerprint density at radius 1 is 1.15 bits per heavy atom. The number of rotatable bonds is 5. The molecule has 2 amide bonds. The highest BCUT2D eigenvalue weighted by atomic mass is 16.6. The van der Waals surface area contributed by atoms with Gasteiger partial charge in [-0.15, -0.1) is 0 Å². The lowest BCUT2D eigenvalue weighted by Crippen LogP contribution is -2.41. The van der Waals surface area contributed by atoms with E-state index in [0.29, 0.717) is 17.1 Å². The quantitative estimate of drug-likeness (QED) is 0.819. The highest BCUT2D eigenvalue weighted by Gasteiger charge is 2.31. The number of likely N-dealkylation sites (N-methyl/N-ethyl adjacent to an activating group) is 1. The third-order valence-corrected chi connectivity index (χ3v) is 4.19. The van der Waals surface area contributed by atoms with Crippen LogP contribution in [0.1, 0.15) is 13.3 Å². The van der Waals surface area contributed by atoms with E-state index >= 15 is 0 Å². The molecular weight excluding hydrogens is 348 g/mol. The minimum Gasteiger partial charge on any atom is -0.478 e. The van der Waals surface area contributed by atoms with Crippen LogP contribution < -0.4 is 15.0 Å². The van der Waals surface area contributed by atoms with E-state index in [2.05, 4.69) is 5.32 Å². The Labute approximate surface area is 156 Å². The molecule has 1 heterocycles. The maximum atomic E-state index is 12.4. The lowest BCUT2D eigenvalue weighted by atomic mass is 10.1. The standard InChI is InChI=1S/C20H20N2O5/c1-13(20(25)22(2)14-8-4-3-5-9-14)26-18(23)12-17-19(24)21-15-10-6-7-11-16(15)27-17/h3-11,13,17H,12H2,1-2H3,(H,21,24). The molecule has 0 bridgehead atoms. The molecule has 0 spiro atoms. The largest absolute Gasteiger partial charge is 0.478 e. The van der Waals surface area contributed by atoms with Crippen LogP contribution in [0.3, 0.4) is 0 Å². The first-order valence-electron chi connectivity index (χ1n) is 8.54. The van der Waals surface area contributed by atoms with Gasteiger partial charge < -0.3 is 19.7 Å². The topological polar surface area (TPSA) is 84.9 Å². The van der Waals surface area contributed by atoms with Gasteiger partial charge in [0.15, 0.2) is 12.2 Å². The summed E-state index contributed by atoms with van der Waals surface area (Å²) in [4.78, 5) is 38.1. The van der Waals surface area contributed by atoms with Crippen LogP contribution in [0.15, 0.2) is 54.6 Å². The van der Waals surface area contributed by atoms with Gasteiger partial charge in [-0.05, 0) is 31.2 Å². The number of nitrogens with one attached hydrogen (secondary N) is 1. The fourth-order valence-electron chi connectivity index (χ4n) is 2.73. The number of benzene rings is 2. The number of nitrogens with zero attached hydrogens (tertiary/aromatic N) is 1. The van der Waals surface area contributed by atoms with Crippen molar-refractivity contribution in [1.29, 1.82) is 0 Å². The summed E-state index contributed by atoms with van der Waals surface area (Å²) in [7, 11) is 1.61. The van der Waals surface area contributed by atoms with E-state index < -0.39 is 24.1 Å². The summed E-state index contributed by atoms with van der Waals surface area (Å²) in [6, 6.07) is 16.0. The van der Waals surface area contributed by atoms with Gasteiger partial charge >= 0.3 is 5.97 Å². The lowest BCUT2D eigenvalue weighted by molar-refractivity contribution is -0.156. The number of hydrogen-bond donors (Lipinski definition) is 1. The smallest absolute Gasteiger partial charge is 0.310 e. The number of carbonyl (C=O) groups is 3. The van der Waals surface area contributed by atoms with Crippen molar-refractivity contribution in [1.82, 2.24) is 0 Å². The van der Waals surface area contributed by atoms with E-state index in [1.54, 1.807) is 43.4 Å². The predicted molar refractivity (Wildman–Crippen MR) is 99.5 cm³/mol. The monoisotopic (exact) mass is 368 g/mol. The Morgan fingerprint density at radius 2 is 1.81 bits per heavy atom. The summed E-state index contributed by atoms with van der Waals surface area (Å²) in [5.41, 5.74) is 1.25. The number of ether oxygens (including phenoxy) is 2. The van der Waals surface area contributed by atoms with Crippen molar-refractivity contribution in [2.45, 2.75) is 25.6 Å². The van der Waals surface area contributed by atoms with Crippen molar-refractivity contribution in [3.63, 3.8) is 0 Å². The van der Waals surface area contributed by atoms with Gasteiger partial charge in [-0.3, -0.25) is 14.4 Å². The number of para-hydroxylation sites is 3. The van der Waals surface area contributed by atoms with Gasteiger partial charge in [0, 0.05) is 12.7 Å². The van der Waals surface area contributed by atoms with Crippen molar-refractivity contribution in [2.75, 3.05) is 17.3 Å². The summed E-state index contributed by atoms with van der Waals surface area (Å²) < 4.78 is 10.8. The third-order valence-electron chi connectivity index (χ3n) is 4.19. The fourth-order valence-corrected chi connectivity index (χ4v) is 2.73. The van der Waals surface area contributed by atoms with Crippen LogP contribution in [0.5, 0.6) is 5.75 Å². The number of anilines is 2. The molecule has 27 heavy (non-hydrogen) atoms. The van der Waals surface area contributed by atoms with Crippen molar-refractivity contribution >= 4 is 29.2 Å².